The highest BCUT2D eigenvalue weighted by Gasteiger charge is 2.16. The Morgan fingerprint density at radius 2 is 2.04 bits per heavy atom. The van der Waals surface area contributed by atoms with Crippen LogP contribution in [0.4, 0.5) is 15.8 Å². The first-order valence-corrected chi connectivity index (χ1v) is 7.52. The van der Waals surface area contributed by atoms with E-state index in [-0.39, 0.29) is 24.2 Å². The number of hydrogen-bond donors (Lipinski definition) is 2. The summed E-state index contributed by atoms with van der Waals surface area (Å²) in [6.07, 6.45) is 0. The molecule has 0 radical (unpaired) electrons. The summed E-state index contributed by atoms with van der Waals surface area (Å²) >= 11 is 0. The number of ether oxygens (including phenoxy) is 1. The third-order valence-corrected chi connectivity index (χ3v) is 3.58. The Kier molecular flexibility index (Phi) is 5.89. The fourth-order valence-electron chi connectivity index (χ4n) is 2.34. The van der Waals surface area contributed by atoms with Crippen LogP contribution in [0.3, 0.4) is 0 Å². The van der Waals surface area contributed by atoms with Crippen molar-refractivity contribution in [3.8, 4) is 5.75 Å². The lowest BCUT2D eigenvalue weighted by atomic mass is 10.1. The van der Waals surface area contributed by atoms with Crippen molar-refractivity contribution in [2.24, 2.45) is 0 Å². The molecule has 0 heterocycles. The summed E-state index contributed by atoms with van der Waals surface area (Å²) in [5.41, 5.74) is 0.469. The number of para-hydroxylation sites is 1. The first-order chi connectivity index (χ1) is 11.9. The van der Waals surface area contributed by atoms with E-state index in [1.165, 1.54) is 6.07 Å². The molecule has 0 aliphatic carbocycles. The van der Waals surface area contributed by atoms with Crippen molar-refractivity contribution in [2.75, 3.05) is 19.0 Å². The molecule has 0 bridgehead atoms. The van der Waals surface area contributed by atoms with Crippen LogP contribution in [0.5, 0.6) is 5.75 Å². The number of methoxy groups -OCH3 is 1. The third kappa shape index (κ3) is 4.66. The molecule has 1 unspecified atom stereocenters. The first-order valence-electron chi connectivity index (χ1n) is 7.52. The van der Waals surface area contributed by atoms with Crippen LogP contribution in [0.15, 0.2) is 42.5 Å². The van der Waals surface area contributed by atoms with E-state index in [2.05, 4.69) is 10.6 Å². The molecular weight excluding hydrogens is 329 g/mol. The van der Waals surface area contributed by atoms with E-state index in [1.54, 1.807) is 13.2 Å². The smallest absolute Gasteiger partial charge is 0.306 e. The quantitative estimate of drug-likeness (QED) is 0.593. The number of nitrogens with one attached hydrogen (secondary N) is 2. The normalized spacial score (nSPS) is 11.5. The van der Waals surface area contributed by atoms with Gasteiger partial charge >= 0.3 is 5.69 Å². The molecule has 2 aromatic carbocycles. The largest absolute Gasteiger partial charge is 0.496 e. The molecule has 2 rings (SSSR count). The van der Waals surface area contributed by atoms with Gasteiger partial charge in [-0.3, -0.25) is 14.9 Å². The Balaban J connectivity index is 1.97. The highest BCUT2D eigenvalue weighted by Crippen LogP contribution is 2.24. The molecule has 0 saturated heterocycles. The molecule has 25 heavy (non-hydrogen) atoms. The summed E-state index contributed by atoms with van der Waals surface area (Å²) in [6.45, 7) is 1.71. The molecule has 2 N–H and O–H groups in total. The first kappa shape index (κ1) is 18.2. The van der Waals surface area contributed by atoms with Crippen molar-refractivity contribution in [3.63, 3.8) is 0 Å². The number of hydrogen-bond acceptors (Lipinski definition) is 5. The molecule has 0 spiro atoms. The zero-order chi connectivity index (χ0) is 18.4. The molecule has 8 heteroatoms. The van der Waals surface area contributed by atoms with Gasteiger partial charge in [-0.05, 0) is 25.1 Å². The van der Waals surface area contributed by atoms with Crippen LogP contribution in [0.25, 0.3) is 0 Å². The molecule has 1 amide bonds. The van der Waals surface area contributed by atoms with Gasteiger partial charge in [-0.1, -0.05) is 18.2 Å². The van der Waals surface area contributed by atoms with Crippen LogP contribution in [0, 0.1) is 15.9 Å². The van der Waals surface area contributed by atoms with Crippen LogP contribution in [0.1, 0.15) is 18.5 Å². The Morgan fingerprint density at radius 1 is 1.32 bits per heavy atom. The maximum absolute atomic E-state index is 13.3. The Morgan fingerprint density at radius 3 is 2.72 bits per heavy atom. The molecular formula is C17H18FN3O4. The lowest BCUT2D eigenvalue weighted by Gasteiger charge is -2.17. The summed E-state index contributed by atoms with van der Waals surface area (Å²) in [6, 6.07) is 10.4. The average Bonchev–Trinajstić information content (AvgIpc) is 2.60. The predicted octanol–water partition coefficient (Wildman–Crippen LogP) is 3.03. The maximum Gasteiger partial charge on any atom is 0.306 e. The number of carbonyl (C=O) groups is 1. The Bertz CT molecular complexity index is 782. The molecule has 0 aliphatic heterocycles. The van der Waals surface area contributed by atoms with Gasteiger partial charge in [-0.25, -0.2) is 0 Å². The number of nitro groups is 1. The van der Waals surface area contributed by atoms with E-state index in [1.807, 2.05) is 25.1 Å². The second-order valence-electron chi connectivity index (χ2n) is 5.31. The zero-order valence-electron chi connectivity index (χ0n) is 13.8. The van der Waals surface area contributed by atoms with Crippen molar-refractivity contribution in [2.45, 2.75) is 13.0 Å². The van der Waals surface area contributed by atoms with E-state index in [0.717, 1.165) is 17.7 Å². The lowest BCUT2D eigenvalue weighted by Crippen LogP contribution is -2.32. The topological polar surface area (TPSA) is 93.5 Å². The van der Waals surface area contributed by atoms with Gasteiger partial charge in [0.2, 0.25) is 11.7 Å². The summed E-state index contributed by atoms with van der Waals surface area (Å²) in [5, 5.41) is 16.3. The zero-order valence-corrected chi connectivity index (χ0v) is 13.8. The highest BCUT2D eigenvalue weighted by atomic mass is 19.1. The summed E-state index contributed by atoms with van der Waals surface area (Å²) in [5.74, 6) is -0.576. The number of benzene rings is 2. The average molecular weight is 347 g/mol. The standard InChI is InChI=1S/C17H18FN3O4/c1-11(13-5-3-4-6-16(13)25-2)20-17(22)10-19-12-7-8-14(18)15(9-12)21(23)24/h3-9,11,19H,10H2,1-2H3,(H,20,22). The SMILES string of the molecule is COc1ccccc1C(C)NC(=O)CNc1ccc(F)c([N+](=O)[O-])c1. The Labute approximate surface area is 144 Å². The minimum absolute atomic E-state index is 0.109. The fraction of sp³-hybridized carbons (Fsp3) is 0.235. The lowest BCUT2D eigenvalue weighted by molar-refractivity contribution is -0.387. The van der Waals surface area contributed by atoms with Gasteiger partial charge in [0.15, 0.2) is 0 Å². The van der Waals surface area contributed by atoms with Crippen molar-refractivity contribution in [1.82, 2.24) is 5.32 Å². The van der Waals surface area contributed by atoms with Gasteiger partial charge in [0, 0.05) is 17.3 Å². The van der Waals surface area contributed by atoms with E-state index in [9.17, 15) is 19.3 Å². The van der Waals surface area contributed by atoms with Crippen LogP contribution in [0.2, 0.25) is 0 Å². The molecule has 0 saturated carbocycles. The van der Waals surface area contributed by atoms with Gasteiger partial charge in [-0.2, -0.15) is 4.39 Å². The number of nitrogens with zero attached hydrogens (tertiary/aromatic N) is 1. The van der Waals surface area contributed by atoms with E-state index in [4.69, 9.17) is 4.74 Å². The van der Waals surface area contributed by atoms with E-state index in [0.29, 0.717) is 5.75 Å². The Hall–Kier alpha value is -3.16. The van der Waals surface area contributed by atoms with Gasteiger partial charge in [0.25, 0.3) is 0 Å². The van der Waals surface area contributed by atoms with Crippen LogP contribution >= 0.6 is 0 Å². The summed E-state index contributed by atoms with van der Waals surface area (Å²) in [7, 11) is 1.55. The molecule has 0 aromatic heterocycles. The van der Waals surface area contributed by atoms with Gasteiger partial charge in [-0.15, -0.1) is 0 Å². The van der Waals surface area contributed by atoms with Crippen molar-refractivity contribution in [3.05, 3.63) is 64.0 Å². The highest BCUT2D eigenvalue weighted by molar-refractivity contribution is 5.81. The van der Waals surface area contributed by atoms with Gasteiger partial charge in [0.05, 0.1) is 24.6 Å². The predicted molar refractivity (Wildman–Crippen MR) is 91.1 cm³/mol. The van der Waals surface area contributed by atoms with E-state index < -0.39 is 16.4 Å². The molecule has 0 fully saturated rings. The molecule has 0 aliphatic rings. The number of anilines is 1. The molecule has 132 valence electrons. The van der Waals surface area contributed by atoms with Crippen LogP contribution in [-0.2, 0) is 4.79 Å². The van der Waals surface area contributed by atoms with Crippen LogP contribution in [-0.4, -0.2) is 24.5 Å². The second-order valence-corrected chi connectivity index (χ2v) is 5.31. The number of nitro benzene ring substituents is 1. The van der Waals surface area contributed by atoms with Gasteiger partial charge < -0.3 is 15.4 Å². The number of rotatable bonds is 7. The molecule has 7 nitrogen and oxygen atoms in total. The minimum Gasteiger partial charge on any atom is -0.496 e. The number of carbonyl (C=O) groups excluding carboxylic acids is 1. The number of halogens is 1. The minimum atomic E-state index is -0.926. The van der Waals surface area contributed by atoms with Crippen molar-refractivity contribution >= 4 is 17.3 Å². The fourth-order valence-corrected chi connectivity index (χ4v) is 2.34. The van der Waals surface area contributed by atoms with Gasteiger partial charge in [0.1, 0.15) is 5.75 Å². The van der Waals surface area contributed by atoms with Crippen molar-refractivity contribution < 1.29 is 18.8 Å². The molecule has 2 aromatic rings. The van der Waals surface area contributed by atoms with Crippen LogP contribution < -0.4 is 15.4 Å². The monoisotopic (exact) mass is 347 g/mol. The third-order valence-electron chi connectivity index (χ3n) is 3.58. The number of amides is 1. The summed E-state index contributed by atoms with van der Waals surface area (Å²) < 4.78 is 18.5. The summed E-state index contributed by atoms with van der Waals surface area (Å²) in [4.78, 5) is 22.0. The van der Waals surface area contributed by atoms with E-state index >= 15 is 0 Å². The molecule has 1 atom stereocenters. The van der Waals surface area contributed by atoms with Crippen molar-refractivity contribution in [1.29, 1.82) is 0 Å². The maximum atomic E-state index is 13.3. The second kappa shape index (κ2) is 8.09.